The molecule has 0 aliphatic carbocycles. The van der Waals surface area contributed by atoms with Crippen LogP contribution >= 0.6 is 0 Å². The van der Waals surface area contributed by atoms with E-state index in [9.17, 15) is 8.42 Å². The van der Waals surface area contributed by atoms with Gasteiger partial charge >= 0.3 is 0 Å². The summed E-state index contributed by atoms with van der Waals surface area (Å²) in [7, 11) is -3.16. The van der Waals surface area contributed by atoms with Crippen LogP contribution < -0.4 is 10.5 Å². The van der Waals surface area contributed by atoms with Gasteiger partial charge in [0.2, 0.25) is 0 Å². The maximum absolute atomic E-state index is 12.1. The van der Waals surface area contributed by atoms with Gasteiger partial charge in [0.25, 0.3) is 0 Å². The first-order valence-corrected chi connectivity index (χ1v) is 8.02. The minimum absolute atomic E-state index is 0.00967. The molecule has 1 aliphatic heterocycles. The second kappa shape index (κ2) is 5.79. The van der Waals surface area contributed by atoms with Crippen molar-refractivity contribution in [2.24, 2.45) is 0 Å². The van der Waals surface area contributed by atoms with Gasteiger partial charge in [-0.15, -0.1) is 0 Å². The third-order valence-corrected chi connectivity index (χ3v) is 5.56. The first kappa shape index (κ1) is 14.1. The van der Waals surface area contributed by atoms with Gasteiger partial charge in [-0.1, -0.05) is 0 Å². The highest BCUT2D eigenvalue weighted by atomic mass is 32.2. The van der Waals surface area contributed by atoms with E-state index >= 15 is 0 Å². The zero-order chi connectivity index (χ0) is 13.9. The summed E-state index contributed by atoms with van der Waals surface area (Å²) >= 11 is 0. The number of rotatable bonds is 5. The van der Waals surface area contributed by atoms with Crippen LogP contribution in [-0.4, -0.2) is 38.7 Å². The third-order valence-electron chi connectivity index (χ3n) is 3.28. The molecule has 1 aromatic rings. The van der Waals surface area contributed by atoms with E-state index in [0.29, 0.717) is 24.5 Å². The summed E-state index contributed by atoms with van der Waals surface area (Å²) in [6, 6.07) is 6.89. The molecular weight excluding hydrogens is 266 g/mol. The molecule has 19 heavy (non-hydrogen) atoms. The summed E-state index contributed by atoms with van der Waals surface area (Å²) in [5.41, 5.74) is 6.21. The smallest absolute Gasteiger partial charge is 0.159 e. The molecule has 0 amide bonds. The third kappa shape index (κ3) is 3.61. The Morgan fingerprint density at radius 1 is 1.37 bits per heavy atom. The maximum atomic E-state index is 12.1. The van der Waals surface area contributed by atoms with Crippen LogP contribution in [0.1, 0.15) is 13.3 Å². The average molecular weight is 285 g/mol. The molecule has 6 heteroatoms. The molecule has 0 bridgehead atoms. The Hall–Kier alpha value is -1.27. The molecule has 2 N–H and O–H groups in total. The quantitative estimate of drug-likeness (QED) is 0.823. The van der Waals surface area contributed by atoms with Crippen molar-refractivity contribution >= 4 is 15.5 Å². The van der Waals surface area contributed by atoms with Gasteiger partial charge in [0.05, 0.1) is 17.1 Å². The summed E-state index contributed by atoms with van der Waals surface area (Å²) in [6.45, 7) is 2.47. The summed E-state index contributed by atoms with van der Waals surface area (Å²) in [6.07, 6.45) is 0.354. The van der Waals surface area contributed by atoms with E-state index < -0.39 is 15.1 Å². The predicted molar refractivity (Wildman–Crippen MR) is 74.0 cm³/mol. The van der Waals surface area contributed by atoms with E-state index in [-0.39, 0.29) is 18.5 Å². The SMILES string of the molecule is CC1OCCC1S(=O)(=O)CCOc1ccc(N)cc1. The molecule has 1 fully saturated rings. The van der Waals surface area contributed by atoms with Crippen LogP contribution in [0.2, 0.25) is 0 Å². The van der Waals surface area contributed by atoms with Gasteiger partial charge in [0.1, 0.15) is 12.4 Å². The fourth-order valence-electron chi connectivity index (χ4n) is 2.17. The normalized spacial score (nSPS) is 23.4. The van der Waals surface area contributed by atoms with E-state index in [1.54, 1.807) is 31.2 Å². The second-order valence-electron chi connectivity index (χ2n) is 4.69. The van der Waals surface area contributed by atoms with Gasteiger partial charge in [-0.2, -0.15) is 0 Å². The van der Waals surface area contributed by atoms with Crippen LogP contribution in [0.3, 0.4) is 0 Å². The molecule has 1 aromatic carbocycles. The Labute approximate surface area is 113 Å². The van der Waals surface area contributed by atoms with Gasteiger partial charge in [-0.3, -0.25) is 0 Å². The van der Waals surface area contributed by atoms with Crippen LogP contribution in [-0.2, 0) is 14.6 Å². The van der Waals surface area contributed by atoms with Crippen molar-refractivity contribution < 1.29 is 17.9 Å². The predicted octanol–water partition coefficient (Wildman–Crippen LogP) is 1.24. The van der Waals surface area contributed by atoms with E-state index in [1.807, 2.05) is 0 Å². The number of anilines is 1. The molecule has 0 spiro atoms. The molecule has 0 saturated carbocycles. The Morgan fingerprint density at radius 3 is 2.63 bits per heavy atom. The first-order chi connectivity index (χ1) is 8.99. The minimum Gasteiger partial charge on any atom is -0.493 e. The van der Waals surface area contributed by atoms with E-state index in [4.69, 9.17) is 15.2 Å². The van der Waals surface area contributed by atoms with Crippen molar-refractivity contribution in [3.8, 4) is 5.75 Å². The summed E-state index contributed by atoms with van der Waals surface area (Å²) in [4.78, 5) is 0. The highest BCUT2D eigenvalue weighted by Gasteiger charge is 2.35. The number of nitrogen functional groups attached to an aromatic ring is 1. The summed E-state index contributed by atoms with van der Waals surface area (Å²) in [5, 5.41) is -0.400. The van der Waals surface area contributed by atoms with Crippen LogP contribution in [0.15, 0.2) is 24.3 Å². The average Bonchev–Trinajstić information content (AvgIpc) is 2.79. The molecular formula is C13H19NO4S. The topological polar surface area (TPSA) is 78.6 Å². The Balaban J connectivity index is 1.86. The van der Waals surface area contributed by atoms with Crippen molar-refractivity contribution in [2.75, 3.05) is 24.7 Å². The lowest BCUT2D eigenvalue weighted by Gasteiger charge is -2.15. The van der Waals surface area contributed by atoms with E-state index in [1.165, 1.54) is 0 Å². The van der Waals surface area contributed by atoms with Gasteiger partial charge in [0, 0.05) is 12.3 Å². The zero-order valence-electron chi connectivity index (χ0n) is 10.9. The molecule has 5 nitrogen and oxygen atoms in total. The summed E-state index contributed by atoms with van der Waals surface area (Å²) in [5.74, 6) is 0.635. The number of benzene rings is 1. The Bertz CT molecular complexity index is 512. The standard InChI is InChI=1S/C13H19NO4S/c1-10-13(6-7-17-10)19(15,16)9-8-18-12-4-2-11(14)3-5-12/h2-5,10,13H,6-9,14H2,1H3. The van der Waals surface area contributed by atoms with Crippen molar-refractivity contribution in [1.82, 2.24) is 0 Å². The first-order valence-electron chi connectivity index (χ1n) is 6.30. The van der Waals surface area contributed by atoms with Crippen molar-refractivity contribution in [1.29, 1.82) is 0 Å². The lowest BCUT2D eigenvalue weighted by Crippen LogP contribution is -2.32. The molecule has 1 saturated heterocycles. The molecule has 0 aromatic heterocycles. The van der Waals surface area contributed by atoms with Crippen molar-refractivity contribution in [2.45, 2.75) is 24.7 Å². The molecule has 2 unspecified atom stereocenters. The summed E-state index contributed by atoms with van der Waals surface area (Å²) < 4.78 is 34.9. The number of ether oxygens (including phenoxy) is 2. The lowest BCUT2D eigenvalue weighted by molar-refractivity contribution is 0.126. The monoisotopic (exact) mass is 285 g/mol. The number of sulfone groups is 1. The van der Waals surface area contributed by atoms with Crippen LogP contribution in [0.5, 0.6) is 5.75 Å². The van der Waals surface area contributed by atoms with Gasteiger partial charge in [-0.05, 0) is 37.6 Å². The Morgan fingerprint density at radius 2 is 2.05 bits per heavy atom. The fraction of sp³-hybridized carbons (Fsp3) is 0.538. The van der Waals surface area contributed by atoms with Crippen LogP contribution in [0.4, 0.5) is 5.69 Å². The van der Waals surface area contributed by atoms with Crippen molar-refractivity contribution in [3.05, 3.63) is 24.3 Å². The Kier molecular flexibility index (Phi) is 4.31. The molecule has 1 aliphatic rings. The highest BCUT2D eigenvalue weighted by Crippen LogP contribution is 2.21. The molecule has 1 heterocycles. The van der Waals surface area contributed by atoms with E-state index in [0.717, 1.165) is 0 Å². The van der Waals surface area contributed by atoms with Crippen molar-refractivity contribution in [3.63, 3.8) is 0 Å². The molecule has 2 atom stereocenters. The largest absolute Gasteiger partial charge is 0.493 e. The van der Waals surface area contributed by atoms with Crippen LogP contribution in [0.25, 0.3) is 0 Å². The number of hydrogen-bond donors (Lipinski definition) is 1. The fourth-order valence-corrected chi connectivity index (χ4v) is 3.91. The van der Waals surface area contributed by atoms with Crippen LogP contribution in [0, 0.1) is 0 Å². The maximum Gasteiger partial charge on any atom is 0.159 e. The highest BCUT2D eigenvalue weighted by molar-refractivity contribution is 7.92. The van der Waals surface area contributed by atoms with Gasteiger partial charge in [-0.25, -0.2) is 8.42 Å². The zero-order valence-corrected chi connectivity index (χ0v) is 11.7. The van der Waals surface area contributed by atoms with E-state index in [2.05, 4.69) is 0 Å². The lowest BCUT2D eigenvalue weighted by atomic mass is 10.3. The molecule has 0 radical (unpaired) electrons. The van der Waals surface area contributed by atoms with Gasteiger partial charge < -0.3 is 15.2 Å². The minimum atomic E-state index is -3.16. The number of hydrogen-bond acceptors (Lipinski definition) is 5. The molecule has 2 rings (SSSR count). The molecule has 106 valence electrons. The number of nitrogens with two attached hydrogens (primary N) is 1. The van der Waals surface area contributed by atoms with Gasteiger partial charge in [0.15, 0.2) is 9.84 Å². The second-order valence-corrected chi connectivity index (χ2v) is 7.03.